The number of piperazine rings is 1. The molecule has 0 radical (unpaired) electrons. The Bertz CT molecular complexity index is 499. The van der Waals surface area contributed by atoms with E-state index in [1.54, 1.807) is 16.7 Å². The molecule has 134 valence electrons. The van der Waals surface area contributed by atoms with Gasteiger partial charge in [0.05, 0.1) is 12.3 Å². The van der Waals surface area contributed by atoms with Crippen LogP contribution in [0.5, 0.6) is 0 Å². The summed E-state index contributed by atoms with van der Waals surface area (Å²) >= 11 is 0. The van der Waals surface area contributed by atoms with Crippen molar-refractivity contribution in [3.8, 4) is 0 Å². The molecule has 9 heteroatoms. The summed E-state index contributed by atoms with van der Waals surface area (Å²) in [7, 11) is -3.18. The molecule has 1 amide bonds. The Morgan fingerprint density at radius 3 is 2.13 bits per heavy atom. The predicted octanol–water partition coefficient (Wildman–Crippen LogP) is 0.457. The summed E-state index contributed by atoms with van der Waals surface area (Å²) < 4.78 is 49.8. The van der Waals surface area contributed by atoms with Gasteiger partial charge in [-0.05, 0) is 19.8 Å². The Morgan fingerprint density at radius 1 is 1.09 bits per heavy atom. The van der Waals surface area contributed by atoms with E-state index in [0.29, 0.717) is 52.1 Å². The van der Waals surface area contributed by atoms with Gasteiger partial charge in [0.2, 0.25) is 15.9 Å². The molecular weight excluding hydrogens is 328 g/mol. The van der Waals surface area contributed by atoms with E-state index in [1.807, 2.05) is 0 Å². The zero-order chi connectivity index (χ0) is 17.0. The van der Waals surface area contributed by atoms with E-state index in [2.05, 4.69) is 0 Å². The summed E-state index contributed by atoms with van der Waals surface area (Å²) in [6.07, 6.45) is -1.27. The monoisotopic (exact) mass is 353 g/mol. The van der Waals surface area contributed by atoms with Crippen LogP contribution in [-0.2, 0) is 14.8 Å². The fraction of sp³-hybridized carbons (Fsp3) is 0.929. The molecule has 0 aliphatic carbocycles. The average molecular weight is 353 g/mol. The molecule has 2 saturated heterocycles. The Balaban J connectivity index is 1.80. The molecule has 2 aliphatic rings. The highest BCUT2D eigenvalue weighted by Gasteiger charge is 2.33. The SMILES string of the molecule is CCS(=O)(=O)N1CCC(C(=O)N2CCN(CC(F)F)CC2)CC1. The first-order valence-corrected chi connectivity index (χ1v) is 9.71. The molecule has 0 saturated carbocycles. The van der Waals surface area contributed by atoms with Gasteiger partial charge < -0.3 is 4.90 Å². The van der Waals surface area contributed by atoms with Crippen LogP contribution in [0.2, 0.25) is 0 Å². The third kappa shape index (κ3) is 4.84. The highest BCUT2D eigenvalue weighted by molar-refractivity contribution is 7.89. The highest BCUT2D eigenvalue weighted by atomic mass is 32.2. The number of carbonyl (C=O) groups is 1. The first kappa shape index (κ1) is 18.5. The second kappa shape index (κ2) is 7.85. The molecule has 0 aromatic carbocycles. The second-order valence-corrected chi connectivity index (χ2v) is 8.35. The van der Waals surface area contributed by atoms with Crippen molar-refractivity contribution in [3.63, 3.8) is 0 Å². The van der Waals surface area contributed by atoms with E-state index in [-0.39, 0.29) is 24.1 Å². The number of rotatable bonds is 5. The predicted molar refractivity (Wildman–Crippen MR) is 82.8 cm³/mol. The van der Waals surface area contributed by atoms with E-state index < -0.39 is 16.4 Å². The minimum atomic E-state index is -3.18. The fourth-order valence-corrected chi connectivity index (χ4v) is 4.30. The van der Waals surface area contributed by atoms with Crippen molar-refractivity contribution in [2.75, 3.05) is 51.6 Å². The molecule has 0 spiro atoms. The lowest BCUT2D eigenvalue weighted by Crippen LogP contribution is -2.52. The maximum absolute atomic E-state index is 12.5. The fourth-order valence-electron chi connectivity index (χ4n) is 3.17. The van der Waals surface area contributed by atoms with Crippen molar-refractivity contribution >= 4 is 15.9 Å². The number of hydrogen-bond acceptors (Lipinski definition) is 4. The van der Waals surface area contributed by atoms with Crippen molar-refractivity contribution in [2.24, 2.45) is 5.92 Å². The van der Waals surface area contributed by atoms with Crippen LogP contribution in [-0.4, -0.2) is 86.4 Å². The number of halogens is 2. The molecule has 2 fully saturated rings. The summed E-state index contributed by atoms with van der Waals surface area (Å²) in [5.41, 5.74) is 0. The van der Waals surface area contributed by atoms with Crippen LogP contribution in [0, 0.1) is 5.92 Å². The van der Waals surface area contributed by atoms with Crippen LogP contribution < -0.4 is 0 Å². The minimum Gasteiger partial charge on any atom is -0.340 e. The van der Waals surface area contributed by atoms with E-state index >= 15 is 0 Å². The molecule has 0 atom stereocenters. The van der Waals surface area contributed by atoms with Gasteiger partial charge in [-0.1, -0.05) is 0 Å². The van der Waals surface area contributed by atoms with Crippen molar-refractivity contribution in [1.29, 1.82) is 0 Å². The molecule has 0 aromatic heterocycles. The largest absolute Gasteiger partial charge is 0.340 e. The van der Waals surface area contributed by atoms with Crippen LogP contribution in [0.15, 0.2) is 0 Å². The number of piperidine rings is 1. The van der Waals surface area contributed by atoms with Gasteiger partial charge in [0.15, 0.2) is 0 Å². The van der Waals surface area contributed by atoms with Gasteiger partial charge in [0.25, 0.3) is 6.43 Å². The molecule has 23 heavy (non-hydrogen) atoms. The van der Waals surface area contributed by atoms with Gasteiger partial charge in [0.1, 0.15) is 0 Å². The highest BCUT2D eigenvalue weighted by Crippen LogP contribution is 2.22. The van der Waals surface area contributed by atoms with Gasteiger partial charge in [-0.15, -0.1) is 0 Å². The van der Waals surface area contributed by atoms with Crippen molar-refractivity contribution in [1.82, 2.24) is 14.1 Å². The molecule has 0 N–H and O–H groups in total. The molecule has 2 heterocycles. The van der Waals surface area contributed by atoms with Crippen molar-refractivity contribution in [3.05, 3.63) is 0 Å². The Kier molecular flexibility index (Phi) is 6.33. The van der Waals surface area contributed by atoms with Gasteiger partial charge in [-0.2, -0.15) is 0 Å². The van der Waals surface area contributed by atoms with E-state index in [1.165, 1.54) is 4.31 Å². The quantitative estimate of drug-likeness (QED) is 0.720. The first-order valence-electron chi connectivity index (χ1n) is 8.10. The molecule has 0 unspecified atom stereocenters. The second-order valence-electron chi connectivity index (χ2n) is 6.09. The van der Waals surface area contributed by atoms with Crippen molar-refractivity contribution in [2.45, 2.75) is 26.2 Å². The summed E-state index contributed by atoms with van der Waals surface area (Å²) in [5.74, 6) is -0.0345. The number of sulfonamides is 1. The lowest BCUT2D eigenvalue weighted by molar-refractivity contribution is -0.138. The molecule has 6 nitrogen and oxygen atoms in total. The number of carbonyl (C=O) groups excluding carboxylic acids is 1. The standard InChI is InChI=1S/C14H25F2N3O3S/c1-2-23(21,22)19-5-3-12(4-6-19)14(20)18-9-7-17(8-10-18)11-13(15)16/h12-13H,2-11H2,1H3. The van der Waals surface area contributed by atoms with Crippen molar-refractivity contribution < 1.29 is 22.0 Å². The summed E-state index contributed by atoms with van der Waals surface area (Å²) in [6.45, 7) is 4.03. The molecule has 2 rings (SSSR count). The van der Waals surface area contributed by atoms with Gasteiger partial charge in [0, 0.05) is 45.2 Å². The Hall–Kier alpha value is -0.800. The van der Waals surface area contributed by atoms with Crippen LogP contribution in [0.25, 0.3) is 0 Å². The lowest BCUT2D eigenvalue weighted by Gasteiger charge is -2.38. The Morgan fingerprint density at radius 2 is 1.65 bits per heavy atom. The topological polar surface area (TPSA) is 60.9 Å². The molecular formula is C14H25F2N3O3S. The number of nitrogens with zero attached hydrogens (tertiary/aromatic N) is 3. The normalized spacial score (nSPS) is 22.7. The number of hydrogen-bond donors (Lipinski definition) is 0. The van der Waals surface area contributed by atoms with E-state index in [0.717, 1.165) is 0 Å². The summed E-state index contributed by atoms with van der Waals surface area (Å²) in [6, 6.07) is 0. The zero-order valence-corrected chi connectivity index (χ0v) is 14.3. The molecule has 0 aromatic rings. The molecule has 0 bridgehead atoms. The maximum Gasteiger partial charge on any atom is 0.251 e. The van der Waals surface area contributed by atoms with E-state index in [4.69, 9.17) is 0 Å². The third-order valence-corrected chi connectivity index (χ3v) is 6.52. The third-order valence-electron chi connectivity index (χ3n) is 4.64. The van der Waals surface area contributed by atoms with Crippen LogP contribution >= 0.6 is 0 Å². The molecule has 2 aliphatic heterocycles. The number of amides is 1. The summed E-state index contributed by atoms with van der Waals surface area (Å²) in [4.78, 5) is 15.9. The number of alkyl halides is 2. The van der Waals surface area contributed by atoms with Gasteiger partial charge in [-0.25, -0.2) is 21.5 Å². The summed E-state index contributed by atoms with van der Waals surface area (Å²) in [5, 5.41) is 0. The smallest absolute Gasteiger partial charge is 0.251 e. The zero-order valence-electron chi connectivity index (χ0n) is 13.5. The van der Waals surface area contributed by atoms with E-state index in [9.17, 15) is 22.0 Å². The first-order chi connectivity index (χ1) is 10.8. The van der Waals surface area contributed by atoms with Gasteiger partial charge in [-0.3, -0.25) is 9.69 Å². The maximum atomic E-state index is 12.5. The van der Waals surface area contributed by atoms with Crippen LogP contribution in [0.1, 0.15) is 19.8 Å². The Labute approximate surface area is 136 Å². The lowest BCUT2D eigenvalue weighted by atomic mass is 9.96. The van der Waals surface area contributed by atoms with Crippen LogP contribution in [0.3, 0.4) is 0 Å². The van der Waals surface area contributed by atoms with Crippen LogP contribution in [0.4, 0.5) is 8.78 Å². The minimum absolute atomic E-state index is 0.0373. The van der Waals surface area contributed by atoms with Gasteiger partial charge >= 0.3 is 0 Å². The average Bonchev–Trinajstić information content (AvgIpc) is 2.54.